The van der Waals surface area contributed by atoms with E-state index >= 15 is 0 Å². The lowest BCUT2D eigenvalue weighted by Gasteiger charge is -2.36. The lowest BCUT2D eigenvalue weighted by atomic mass is 10.0. The zero-order valence-electron chi connectivity index (χ0n) is 24.9. The number of nitrogens with zero attached hydrogens (tertiary/aromatic N) is 2. The highest BCUT2D eigenvalue weighted by Gasteiger charge is 2.32. The summed E-state index contributed by atoms with van der Waals surface area (Å²) in [4.78, 5) is 28.8. The maximum absolute atomic E-state index is 12.4. The number of carbonyl (C=O) groups excluding carboxylic acids is 2. The molecule has 1 fully saturated rings. The van der Waals surface area contributed by atoms with Gasteiger partial charge in [0.1, 0.15) is 6.33 Å². The second kappa shape index (κ2) is 16.2. The molecule has 0 saturated carbocycles. The van der Waals surface area contributed by atoms with E-state index < -0.39 is 6.29 Å². The second-order valence-corrected chi connectivity index (χ2v) is 11.8. The fourth-order valence-corrected chi connectivity index (χ4v) is 5.73. The van der Waals surface area contributed by atoms with Crippen LogP contribution in [0.25, 0.3) is 0 Å². The van der Waals surface area contributed by atoms with Gasteiger partial charge in [-0.2, -0.15) is 5.10 Å². The molecule has 5 rings (SSSR count). The SMILES string of the molecule is Nc1ccccc1NC(=O)CCCCC(=O)NCc1ccc(C2OC(CSc3ncn[nH]3)CC(c3ccc(CO)cc3)O2)cc1. The van der Waals surface area contributed by atoms with Crippen LogP contribution in [0.2, 0.25) is 0 Å². The summed E-state index contributed by atoms with van der Waals surface area (Å²) in [6.45, 7) is 0.389. The number of thioether (sulfide) groups is 1. The van der Waals surface area contributed by atoms with Crippen molar-refractivity contribution in [3.63, 3.8) is 0 Å². The van der Waals surface area contributed by atoms with Crippen LogP contribution in [-0.2, 0) is 32.2 Å². The zero-order valence-corrected chi connectivity index (χ0v) is 25.7. The molecule has 12 heteroatoms. The Labute approximate surface area is 266 Å². The van der Waals surface area contributed by atoms with Gasteiger partial charge in [0, 0.05) is 37.1 Å². The Morgan fingerprint density at radius 3 is 2.36 bits per heavy atom. The minimum absolute atomic E-state index is 0.00896. The van der Waals surface area contributed by atoms with Crippen molar-refractivity contribution in [1.29, 1.82) is 0 Å². The number of amides is 2. The van der Waals surface area contributed by atoms with E-state index in [4.69, 9.17) is 15.2 Å². The summed E-state index contributed by atoms with van der Waals surface area (Å²) in [5.41, 5.74) is 10.7. The number of nitrogens with two attached hydrogens (primary N) is 1. The molecule has 1 aromatic heterocycles. The first-order valence-electron chi connectivity index (χ1n) is 15.0. The van der Waals surface area contributed by atoms with E-state index in [1.54, 1.807) is 23.9 Å². The zero-order chi connectivity index (χ0) is 31.4. The molecule has 4 aromatic rings. The Bertz CT molecular complexity index is 1520. The third-order valence-electron chi connectivity index (χ3n) is 7.45. The molecule has 2 amide bonds. The number of anilines is 2. The molecule has 0 aliphatic carbocycles. The normalized spacial score (nSPS) is 17.9. The van der Waals surface area contributed by atoms with Crippen molar-refractivity contribution in [2.24, 2.45) is 0 Å². The Morgan fingerprint density at radius 2 is 1.64 bits per heavy atom. The molecule has 45 heavy (non-hydrogen) atoms. The number of H-pyrrole nitrogens is 1. The summed E-state index contributed by atoms with van der Waals surface area (Å²) in [6, 6.07) is 22.7. The first kappa shape index (κ1) is 32.2. The fraction of sp³-hybridized carbons (Fsp3) is 0.333. The molecule has 0 radical (unpaired) electrons. The van der Waals surface area contributed by atoms with Crippen molar-refractivity contribution in [3.8, 4) is 0 Å². The minimum Gasteiger partial charge on any atom is -0.397 e. The van der Waals surface area contributed by atoms with Crippen molar-refractivity contribution < 1.29 is 24.2 Å². The number of rotatable bonds is 14. The first-order valence-corrected chi connectivity index (χ1v) is 15.9. The number of unbranched alkanes of at least 4 members (excludes halogenated alkanes) is 1. The van der Waals surface area contributed by atoms with Gasteiger partial charge in [-0.05, 0) is 41.7 Å². The van der Waals surface area contributed by atoms with Crippen LogP contribution < -0.4 is 16.4 Å². The summed E-state index contributed by atoms with van der Waals surface area (Å²) in [5, 5.41) is 22.7. The Hall–Kier alpha value is -4.23. The van der Waals surface area contributed by atoms with E-state index in [2.05, 4.69) is 25.8 Å². The van der Waals surface area contributed by atoms with E-state index in [1.807, 2.05) is 60.7 Å². The molecule has 11 nitrogen and oxygen atoms in total. The number of carbonyl (C=O) groups is 2. The molecule has 2 heterocycles. The molecule has 1 saturated heterocycles. The van der Waals surface area contributed by atoms with Crippen LogP contribution in [-0.4, -0.2) is 44.0 Å². The molecule has 3 aromatic carbocycles. The van der Waals surface area contributed by atoms with Gasteiger partial charge in [0.15, 0.2) is 11.4 Å². The summed E-state index contributed by atoms with van der Waals surface area (Å²) in [7, 11) is 0. The van der Waals surface area contributed by atoms with Gasteiger partial charge in [-0.1, -0.05) is 72.4 Å². The molecule has 236 valence electrons. The number of aromatic nitrogens is 3. The van der Waals surface area contributed by atoms with Crippen molar-refractivity contribution in [3.05, 3.63) is 101 Å². The number of benzene rings is 3. The third kappa shape index (κ3) is 9.63. The van der Waals surface area contributed by atoms with Crippen molar-refractivity contribution in [2.45, 2.75) is 68.9 Å². The quantitative estimate of drug-likeness (QED) is 0.0730. The van der Waals surface area contributed by atoms with E-state index in [9.17, 15) is 14.7 Å². The van der Waals surface area contributed by atoms with E-state index in [-0.39, 0.29) is 30.6 Å². The van der Waals surface area contributed by atoms with E-state index in [0.717, 1.165) is 27.4 Å². The van der Waals surface area contributed by atoms with Crippen LogP contribution >= 0.6 is 11.8 Å². The molecule has 3 unspecified atom stereocenters. The van der Waals surface area contributed by atoms with Crippen LogP contribution in [0, 0.1) is 0 Å². The fourth-order valence-electron chi connectivity index (χ4n) is 4.93. The molecule has 0 bridgehead atoms. The summed E-state index contributed by atoms with van der Waals surface area (Å²) >= 11 is 1.55. The lowest BCUT2D eigenvalue weighted by molar-refractivity contribution is -0.245. The second-order valence-electron chi connectivity index (χ2n) is 10.8. The predicted molar refractivity (Wildman–Crippen MR) is 172 cm³/mol. The molecule has 0 spiro atoms. The standard InChI is InChI=1S/C33H38N6O5S/c34-27-5-1-2-6-28(27)38-31(42)8-4-3-7-30(41)35-18-22-9-15-25(16-10-22)32-43-26(20-45-33-36-21-37-39-33)17-29(44-32)24-13-11-23(19-40)12-14-24/h1-2,5-6,9-16,21,26,29,32,40H,3-4,7-8,17-20,34H2,(H,35,41)(H,38,42)(H,36,37,39). The molecule has 1 aliphatic rings. The van der Waals surface area contributed by atoms with Crippen LogP contribution in [0.1, 0.15) is 66.8 Å². The first-order chi connectivity index (χ1) is 22.0. The number of para-hydroxylation sites is 2. The number of aliphatic hydroxyl groups excluding tert-OH is 1. The average Bonchev–Trinajstić information content (AvgIpc) is 3.60. The highest BCUT2D eigenvalue weighted by molar-refractivity contribution is 7.99. The number of hydrogen-bond donors (Lipinski definition) is 5. The number of nitrogen functional groups attached to an aromatic ring is 1. The predicted octanol–water partition coefficient (Wildman–Crippen LogP) is 5.03. The number of ether oxygens (including phenoxy) is 2. The van der Waals surface area contributed by atoms with Crippen molar-refractivity contribution in [2.75, 3.05) is 16.8 Å². The summed E-state index contributed by atoms with van der Waals surface area (Å²) in [5.74, 6) is 0.495. The number of hydrogen-bond acceptors (Lipinski definition) is 9. The van der Waals surface area contributed by atoms with Gasteiger partial charge in [0.05, 0.1) is 30.2 Å². The maximum Gasteiger partial charge on any atom is 0.224 e. The number of aliphatic hydroxyl groups is 1. The van der Waals surface area contributed by atoms with E-state index in [0.29, 0.717) is 55.8 Å². The van der Waals surface area contributed by atoms with Crippen LogP contribution in [0.3, 0.4) is 0 Å². The minimum atomic E-state index is -0.569. The van der Waals surface area contributed by atoms with Gasteiger partial charge >= 0.3 is 0 Å². The van der Waals surface area contributed by atoms with Gasteiger partial charge in [0.2, 0.25) is 11.8 Å². The average molecular weight is 631 g/mol. The Kier molecular flexibility index (Phi) is 11.6. The topological polar surface area (TPSA) is 164 Å². The molecule has 3 atom stereocenters. The molecule has 1 aliphatic heterocycles. The van der Waals surface area contributed by atoms with Gasteiger partial charge < -0.3 is 30.9 Å². The van der Waals surface area contributed by atoms with E-state index in [1.165, 1.54) is 6.33 Å². The van der Waals surface area contributed by atoms with Crippen molar-refractivity contribution in [1.82, 2.24) is 20.5 Å². The Morgan fingerprint density at radius 1 is 0.933 bits per heavy atom. The molecular formula is C33H38N6O5S. The lowest BCUT2D eigenvalue weighted by Crippen LogP contribution is -2.31. The van der Waals surface area contributed by atoms with Gasteiger partial charge in [-0.3, -0.25) is 14.7 Å². The smallest absolute Gasteiger partial charge is 0.224 e. The molecular weight excluding hydrogens is 592 g/mol. The summed E-state index contributed by atoms with van der Waals surface area (Å²) in [6.07, 6.45) is 3.19. The number of nitrogens with one attached hydrogen (secondary N) is 3. The third-order valence-corrected chi connectivity index (χ3v) is 8.46. The Balaban J connectivity index is 1.09. The largest absolute Gasteiger partial charge is 0.397 e. The number of aromatic amines is 1. The molecule has 6 N–H and O–H groups in total. The van der Waals surface area contributed by atoms with Gasteiger partial charge in [-0.25, -0.2) is 4.98 Å². The van der Waals surface area contributed by atoms with Crippen molar-refractivity contribution >= 4 is 35.0 Å². The highest BCUT2D eigenvalue weighted by Crippen LogP contribution is 2.39. The summed E-state index contributed by atoms with van der Waals surface area (Å²) < 4.78 is 12.8. The maximum atomic E-state index is 12.4. The van der Waals surface area contributed by atoms with Crippen LogP contribution in [0.15, 0.2) is 84.3 Å². The van der Waals surface area contributed by atoms with Crippen LogP contribution in [0.4, 0.5) is 11.4 Å². The van der Waals surface area contributed by atoms with Crippen LogP contribution in [0.5, 0.6) is 0 Å². The monoisotopic (exact) mass is 630 g/mol. The highest BCUT2D eigenvalue weighted by atomic mass is 32.2. The van der Waals surface area contributed by atoms with Gasteiger partial charge in [-0.15, -0.1) is 0 Å². The van der Waals surface area contributed by atoms with Gasteiger partial charge in [0.25, 0.3) is 0 Å².